The third-order valence-electron chi connectivity index (χ3n) is 4.21. The molecule has 2 N–H and O–H groups in total. The van der Waals surface area contributed by atoms with Crippen molar-refractivity contribution in [3.05, 3.63) is 23.8 Å². The molecule has 1 saturated heterocycles. The van der Waals surface area contributed by atoms with Crippen molar-refractivity contribution in [3.63, 3.8) is 0 Å². The van der Waals surface area contributed by atoms with Gasteiger partial charge in [-0.1, -0.05) is 0 Å². The van der Waals surface area contributed by atoms with Crippen LogP contribution in [0.3, 0.4) is 0 Å². The van der Waals surface area contributed by atoms with Crippen LogP contribution in [0.15, 0.2) is 12.4 Å². The summed E-state index contributed by atoms with van der Waals surface area (Å²) in [5.41, 5.74) is 0.857. The monoisotopic (exact) mass is 233 g/mol. The molecule has 17 heavy (non-hydrogen) atoms. The van der Waals surface area contributed by atoms with Crippen molar-refractivity contribution in [2.75, 3.05) is 6.54 Å². The fraction of sp³-hybridized carbons (Fsp3) is 0.692. The molecule has 0 spiro atoms. The molecule has 1 aliphatic heterocycles. The number of piperidine rings is 1. The molecule has 3 rings (SSSR count). The van der Waals surface area contributed by atoms with Crippen molar-refractivity contribution in [2.45, 2.75) is 44.2 Å². The van der Waals surface area contributed by atoms with Gasteiger partial charge in [-0.3, -0.25) is 9.97 Å². The van der Waals surface area contributed by atoms with Crippen molar-refractivity contribution in [1.29, 1.82) is 0 Å². The SMILES string of the molecule is Cc1nccnc1C1(O)CC2CCCNC2C1. The molecule has 1 aliphatic carbocycles. The Morgan fingerprint density at radius 3 is 2.94 bits per heavy atom. The standard InChI is InChI=1S/C13H19N3O/c1-9-12(16-6-5-14-9)13(17)7-10-3-2-4-15-11(10)8-13/h5-6,10-11,15,17H,2-4,7-8H2,1H3. The van der Waals surface area contributed by atoms with Gasteiger partial charge in [0.2, 0.25) is 0 Å². The zero-order valence-electron chi connectivity index (χ0n) is 10.2. The predicted octanol–water partition coefficient (Wildman–Crippen LogP) is 1.13. The molecule has 3 atom stereocenters. The van der Waals surface area contributed by atoms with Gasteiger partial charge in [0.1, 0.15) is 5.60 Å². The van der Waals surface area contributed by atoms with Gasteiger partial charge in [0, 0.05) is 18.4 Å². The average molecular weight is 233 g/mol. The number of hydrogen-bond donors (Lipinski definition) is 2. The van der Waals surface area contributed by atoms with E-state index < -0.39 is 5.60 Å². The number of aryl methyl sites for hydroxylation is 1. The Balaban J connectivity index is 1.90. The Labute approximate surface area is 101 Å². The summed E-state index contributed by atoms with van der Waals surface area (Å²) in [7, 11) is 0. The zero-order chi connectivity index (χ0) is 11.9. The first kappa shape index (κ1) is 11.1. The molecule has 0 amide bonds. The first-order chi connectivity index (χ1) is 8.19. The van der Waals surface area contributed by atoms with Gasteiger partial charge in [-0.05, 0) is 45.1 Å². The van der Waals surface area contributed by atoms with Gasteiger partial charge in [-0.15, -0.1) is 0 Å². The molecule has 1 saturated carbocycles. The summed E-state index contributed by atoms with van der Waals surface area (Å²) < 4.78 is 0. The number of fused-ring (bicyclic) bond motifs is 1. The van der Waals surface area contributed by atoms with E-state index >= 15 is 0 Å². The van der Waals surface area contributed by atoms with Crippen molar-refractivity contribution in [2.24, 2.45) is 5.92 Å². The molecule has 4 heteroatoms. The molecule has 1 aromatic rings. The highest BCUT2D eigenvalue weighted by Gasteiger charge is 2.47. The quantitative estimate of drug-likeness (QED) is 0.763. The van der Waals surface area contributed by atoms with E-state index in [1.807, 2.05) is 6.92 Å². The van der Waals surface area contributed by atoms with Crippen molar-refractivity contribution in [1.82, 2.24) is 15.3 Å². The van der Waals surface area contributed by atoms with Gasteiger partial charge in [-0.2, -0.15) is 0 Å². The molecule has 92 valence electrons. The maximum absolute atomic E-state index is 10.8. The molecule has 0 aromatic carbocycles. The van der Waals surface area contributed by atoms with Gasteiger partial charge in [0.15, 0.2) is 0 Å². The Morgan fingerprint density at radius 1 is 1.35 bits per heavy atom. The van der Waals surface area contributed by atoms with E-state index in [4.69, 9.17) is 0 Å². The Bertz CT molecular complexity index is 407. The van der Waals surface area contributed by atoms with Gasteiger partial charge < -0.3 is 10.4 Å². The minimum atomic E-state index is -0.773. The summed E-state index contributed by atoms with van der Waals surface area (Å²) in [5.74, 6) is 0.593. The first-order valence-corrected chi connectivity index (χ1v) is 6.43. The lowest BCUT2D eigenvalue weighted by Gasteiger charge is -2.25. The van der Waals surface area contributed by atoms with E-state index in [2.05, 4.69) is 15.3 Å². The Morgan fingerprint density at radius 2 is 2.18 bits per heavy atom. The van der Waals surface area contributed by atoms with Crippen LogP contribution in [0.5, 0.6) is 0 Å². The van der Waals surface area contributed by atoms with Crippen LogP contribution in [0.1, 0.15) is 37.1 Å². The largest absolute Gasteiger partial charge is 0.383 e. The molecule has 2 aliphatic rings. The zero-order valence-corrected chi connectivity index (χ0v) is 10.2. The van der Waals surface area contributed by atoms with E-state index in [0.717, 1.165) is 30.8 Å². The number of aliphatic hydroxyl groups is 1. The van der Waals surface area contributed by atoms with Crippen molar-refractivity contribution >= 4 is 0 Å². The van der Waals surface area contributed by atoms with E-state index in [-0.39, 0.29) is 0 Å². The molecule has 0 bridgehead atoms. The lowest BCUT2D eigenvalue weighted by Crippen LogP contribution is -2.38. The van der Waals surface area contributed by atoms with Crippen LogP contribution in [-0.2, 0) is 5.60 Å². The number of rotatable bonds is 1. The fourth-order valence-corrected chi connectivity index (χ4v) is 3.44. The van der Waals surface area contributed by atoms with Crippen LogP contribution < -0.4 is 5.32 Å². The van der Waals surface area contributed by atoms with Crippen LogP contribution in [0.4, 0.5) is 0 Å². The molecule has 2 heterocycles. The van der Waals surface area contributed by atoms with Gasteiger partial charge in [-0.25, -0.2) is 0 Å². The summed E-state index contributed by atoms with van der Waals surface area (Å²) in [4.78, 5) is 8.59. The average Bonchev–Trinajstić information content (AvgIpc) is 2.66. The fourth-order valence-electron chi connectivity index (χ4n) is 3.44. The van der Waals surface area contributed by atoms with E-state index in [1.165, 1.54) is 12.8 Å². The topological polar surface area (TPSA) is 58.0 Å². The molecule has 4 nitrogen and oxygen atoms in total. The summed E-state index contributed by atoms with van der Waals surface area (Å²) in [5, 5.41) is 14.3. The highest BCUT2D eigenvalue weighted by atomic mass is 16.3. The Kier molecular flexibility index (Phi) is 2.64. The van der Waals surface area contributed by atoms with Crippen LogP contribution in [0.25, 0.3) is 0 Å². The predicted molar refractivity (Wildman–Crippen MR) is 64.4 cm³/mol. The second-order valence-corrected chi connectivity index (χ2v) is 5.39. The maximum atomic E-state index is 10.8. The van der Waals surface area contributed by atoms with E-state index in [9.17, 15) is 5.11 Å². The van der Waals surface area contributed by atoms with Crippen LogP contribution in [0.2, 0.25) is 0 Å². The summed E-state index contributed by atoms with van der Waals surface area (Å²) in [6.07, 6.45) is 7.40. The van der Waals surface area contributed by atoms with E-state index in [1.54, 1.807) is 12.4 Å². The minimum absolute atomic E-state index is 0.454. The van der Waals surface area contributed by atoms with Gasteiger partial charge in [0.25, 0.3) is 0 Å². The highest BCUT2D eigenvalue weighted by Crippen LogP contribution is 2.44. The molecular formula is C13H19N3O. The summed E-state index contributed by atoms with van der Waals surface area (Å²) >= 11 is 0. The number of nitrogens with one attached hydrogen (secondary N) is 1. The molecule has 2 fully saturated rings. The summed E-state index contributed by atoms with van der Waals surface area (Å²) in [6.45, 7) is 3.01. The molecule has 0 radical (unpaired) electrons. The van der Waals surface area contributed by atoms with Gasteiger partial charge in [0.05, 0.1) is 11.4 Å². The first-order valence-electron chi connectivity index (χ1n) is 6.43. The van der Waals surface area contributed by atoms with Crippen LogP contribution in [-0.4, -0.2) is 27.7 Å². The van der Waals surface area contributed by atoms with Crippen LogP contribution >= 0.6 is 0 Å². The smallest absolute Gasteiger partial charge is 0.110 e. The normalized spacial score (nSPS) is 36.8. The second-order valence-electron chi connectivity index (χ2n) is 5.39. The highest BCUT2D eigenvalue weighted by molar-refractivity contribution is 5.21. The van der Waals surface area contributed by atoms with Crippen molar-refractivity contribution in [3.8, 4) is 0 Å². The lowest BCUT2D eigenvalue weighted by atomic mass is 9.92. The van der Waals surface area contributed by atoms with Crippen molar-refractivity contribution < 1.29 is 5.11 Å². The number of nitrogens with zero attached hydrogens (tertiary/aromatic N) is 2. The molecular weight excluding hydrogens is 214 g/mol. The van der Waals surface area contributed by atoms with E-state index in [0.29, 0.717) is 12.0 Å². The second kappa shape index (κ2) is 4.03. The molecule has 3 unspecified atom stereocenters. The number of aromatic nitrogens is 2. The van der Waals surface area contributed by atoms with Crippen LogP contribution in [0, 0.1) is 12.8 Å². The lowest BCUT2D eigenvalue weighted by molar-refractivity contribution is 0.0333. The third kappa shape index (κ3) is 1.85. The number of hydrogen-bond acceptors (Lipinski definition) is 4. The maximum Gasteiger partial charge on any atom is 0.110 e. The third-order valence-corrected chi connectivity index (χ3v) is 4.21. The summed E-state index contributed by atoms with van der Waals surface area (Å²) in [6, 6.07) is 0.454. The van der Waals surface area contributed by atoms with Gasteiger partial charge >= 0.3 is 0 Å². The minimum Gasteiger partial charge on any atom is -0.383 e. The Hall–Kier alpha value is -1.00. The molecule has 1 aromatic heterocycles.